The van der Waals surface area contributed by atoms with Gasteiger partial charge >= 0.3 is 0 Å². The van der Waals surface area contributed by atoms with E-state index >= 15 is 0 Å². The number of hydrogen-bond acceptors (Lipinski definition) is 4. The van der Waals surface area contributed by atoms with E-state index in [1.807, 2.05) is 60.7 Å². The van der Waals surface area contributed by atoms with Crippen LogP contribution in [-0.4, -0.2) is 19.2 Å². The number of aromatic nitrogens is 1. The van der Waals surface area contributed by atoms with Crippen molar-refractivity contribution >= 4 is 10.9 Å². The van der Waals surface area contributed by atoms with Crippen molar-refractivity contribution in [1.29, 1.82) is 0 Å². The third kappa shape index (κ3) is 3.50. The van der Waals surface area contributed by atoms with Gasteiger partial charge in [0, 0.05) is 19.6 Å². The average Bonchev–Trinajstić information content (AvgIpc) is 2.61. The van der Waals surface area contributed by atoms with Crippen LogP contribution in [0, 0.1) is 0 Å². The molecule has 0 amide bonds. The first-order chi connectivity index (χ1) is 11.3. The van der Waals surface area contributed by atoms with Crippen molar-refractivity contribution in [2.24, 2.45) is 0 Å². The summed E-state index contributed by atoms with van der Waals surface area (Å²) in [5.74, 6) is 0.529. The maximum Gasteiger partial charge on any atom is 0.222 e. The second-order valence-electron chi connectivity index (χ2n) is 5.15. The Morgan fingerprint density at radius 3 is 2.35 bits per heavy atom. The molecule has 1 heterocycles. The molecule has 1 aromatic heterocycles. The summed E-state index contributed by atoms with van der Waals surface area (Å²) in [4.78, 5) is 4.62. The molecule has 0 saturated carbocycles. The first-order valence-corrected chi connectivity index (χ1v) is 7.44. The molecule has 4 nitrogen and oxygen atoms in total. The summed E-state index contributed by atoms with van der Waals surface area (Å²) in [5.41, 5.74) is 2.75. The fourth-order valence-corrected chi connectivity index (χ4v) is 2.48. The minimum atomic E-state index is -0.516. The van der Waals surface area contributed by atoms with Crippen molar-refractivity contribution in [1.82, 2.24) is 4.98 Å². The highest BCUT2D eigenvalue weighted by atomic mass is 16.7. The van der Waals surface area contributed by atoms with Gasteiger partial charge in [-0.05, 0) is 17.7 Å². The molecule has 118 valence electrons. The van der Waals surface area contributed by atoms with E-state index in [1.54, 1.807) is 14.2 Å². The molecule has 4 heteroatoms. The zero-order chi connectivity index (χ0) is 16.1. The number of para-hydroxylation sites is 1. The Kier molecular flexibility index (Phi) is 4.86. The van der Waals surface area contributed by atoms with Crippen molar-refractivity contribution in [3.63, 3.8) is 0 Å². The number of benzene rings is 2. The van der Waals surface area contributed by atoms with Gasteiger partial charge in [0.05, 0.1) is 11.1 Å². The fourth-order valence-electron chi connectivity index (χ4n) is 2.48. The lowest BCUT2D eigenvalue weighted by Gasteiger charge is -2.18. The molecule has 0 aliphatic carbocycles. The minimum absolute atomic E-state index is 0.444. The Morgan fingerprint density at radius 1 is 0.913 bits per heavy atom. The number of pyridine rings is 1. The van der Waals surface area contributed by atoms with Gasteiger partial charge in [-0.15, -0.1) is 0 Å². The molecule has 0 spiro atoms. The van der Waals surface area contributed by atoms with Crippen LogP contribution in [0.15, 0.2) is 60.7 Å². The summed E-state index contributed by atoms with van der Waals surface area (Å²) in [6, 6.07) is 19.9. The molecule has 0 N–H and O–H groups in total. The van der Waals surface area contributed by atoms with Crippen LogP contribution < -0.4 is 4.74 Å². The number of methoxy groups -OCH3 is 2. The van der Waals surface area contributed by atoms with Gasteiger partial charge in [0.25, 0.3) is 0 Å². The van der Waals surface area contributed by atoms with Gasteiger partial charge < -0.3 is 14.2 Å². The van der Waals surface area contributed by atoms with Crippen LogP contribution in [0.1, 0.15) is 17.4 Å². The number of fused-ring (bicyclic) bond motifs is 1. The average molecular weight is 309 g/mol. The number of nitrogens with zero attached hydrogens (tertiary/aromatic N) is 1. The Balaban J connectivity index is 1.96. The zero-order valence-corrected chi connectivity index (χ0v) is 13.2. The molecule has 0 unspecified atom stereocenters. The molecule has 0 bridgehead atoms. The zero-order valence-electron chi connectivity index (χ0n) is 13.2. The smallest absolute Gasteiger partial charge is 0.222 e. The van der Waals surface area contributed by atoms with Crippen LogP contribution in [0.2, 0.25) is 0 Å². The lowest BCUT2D eigenvalue weighted by atomic mass is 10.1. The van der Waals surface area contributed by atoms with E-state index in [1.165, 1.54) is 0 Å². The quantitative estimate of drug-likeness (QED) is 0.643. The van der Waals surface area contributed by atoms with Gasteiger partial charge in [0.15, 0.2) is 6.29 Å². The standard InChI is InChI=1S/C19H19NO3/c1-21-19(22-2)16-12-15-10-6-7-11-17(15)20-18(16)23-13-14-8-4-3-5-9-14/h3-12,19H,13H2,1-2H3. The third-order valence-corrected chi connectivity index (χ3v) is 3.62. The van der Waals surface area contributed by atoms with Crippen molar-refractivity contribution in [3.05, 3.63) is 71.8 Å². The van der Waals surface area contributed by atoms with E-state index in [0.717, 1.165) is 22.0 Å². The first kappa shape index (κ1) is 15.5. The largest absolute Gasteiger partial charge is 0.472 e. The summed E-state index contributed by atoms with van der Waals surface area (Å²) in [6.07, 6.45) is -0.516. The van der Waals surface area contributed by atoms with Gasteiger partial charge in [-0.2, -0.15) is 0 Å². The second-order valence-corrected chi connectivity index (χ2v) is 5.15. The summed E-state index contributed by atoms with van der Waals surface area (Å²) in [5, 5.41) is 1.02. The van der Waals surface area contributed by atoms with Gasteiger partial charge in [0.2, 0.25) is 5.88 Å². The lowest BCUT2D eigenvalue weighted by Crippen LogP contribution is -2.08. The Bertz CT molecular complexity index is 770. The normalized spacial score (nSPS) is 11.1. The van der Waals surface area contributed by atoms with Gasteiger partial charge in [-0.3, -0.25) is 0 Å². The molecule has 3 aromatic rings. The highest BCUT2D eigenvalue weighted by Gasteiger charge is 2.18. The van der Waals surface area contributed by atoms with E-state index in [-0.39, 0.29) is 0 Å². The maximum absolute atomic E-state index is 5.94. The van der Waals surface area contributed by atoms with Gasteiger partial charge in [0.1, 0.15) is 6.61 Å². The lowest BCUT2D eigenvalue weighted by molar-refractivity contribution is -0.107. The van der Waals surface area contributed by atoms with Crippen molar-refractivity contribution in [2.75, 3.05) is 14.2 Å². The highest BCUT2D eigenvalue weighted by Crippen LogP contribution is 2.30. The third-order valence-electron chi connectivity index (χ3n) is 3.62. The van der Waals surface area contributed by atoms with Gasteiger partial charge in [-0.1, -0.05) is 48.5 Å². The topological polar surface area (TPSA) is 40.6 Å². The van der Waals surface area contributed by atoms with Crippen molar-refractivity contribution < 1.29 is 14.2 Å². The molecular weight excluding hydrogens is 290 g/mol. The Hall–Kier alpha value is -2.43. The number of hydrogen-bond donors (Lipinski definition) is 0. The summed E-state index contributed by atoms with van der Waals surface area (Å²) >= 11 is 0. The first-order valence-electron chi connectivity index (χ1n) is 7.44. The van der Waals surface area contributed by atoms with Crippen molar-refractivity contribution in [2.45, 2.75) is 12.9 Å². The van der Waals surface area contributed by atoms with Crippen LogP contribution in [-0.2, 0) is 16.1 Å². The molecule has 2 aromatic carbocycles. The molecule has 3 rings (SSSR count). The van der Waals surface area contributed by atoms with Crippen LogP contribution >= 0.6 is 0 Å². The minimum Gasteiger partial charge on any atom is -0.472 e. The number of ether oxygens (including phenoxy) is 3. The molecule has 0 atom stereocenters. The fraction of sp³-hybridized carbons (Fsp3) is 0.211. The summed E-state index contributed by atoms with van der Waals surface area (Å²) in [6.45, 7) is 0.444. The van der Waals surface area contributed by atoms with Crippen LogP contribution in [0.5, 0.6) is 5.88 Å². The van der Waals surface area contributed by atoms with Crippen LogP contribution in [0.3, 0.4) is 0 Å². The highest BCUT2D eigenvalue weighted by molar-refractivity contribution is 5.80. The summed E-state index contributed by atoms with van der Waals surface area (Å²) < 4.78 is 16.7. The van der Waals surface area contributed by atoms with Crippen LogP contribution in [0.25, 0.3) is 10.9 Å². The predicted molar refractivity (Wildman–Crippen MR) is 89.3 cm³/mol. The van der Waals surface area contributed by atoms with E-state index in [0.29, 0.717) is 12.5 Å². The van der Waals surface area contributed by atoms with E-state index in [4.69, 9.17) is 14.2 Å². The second kappa shape index (κ2) is 7.22. The van der Waals surface area contributed by atoms with Gasteiger partial charge in [-0.25, -0.2) is 4.98 Å². The predicted octanol–water partition coefficient (Wildman–Crippen LogP) is 4.11. The monoisotopic (exact) mass is 309 g/mol. The van der Waals surface area contributed by atoms with Crippen molar-refractivity contribution in [3.8, 4) is 5.88 Å². The number of rotatable bonds is 6. The van der Waals surface area contributed by atoms with E-state index < -0.39 is 6.29 Å². The van der Waals surface area contributed by atoms with Crippen LogP contribution in [0.4, 0.5) is 0 Å². The Labute approximate surface area is 135 Å². The molecule has 0 radical (unpaired) electrons. The molecule has 0 aliphatic rings. The van der Waals surface area contributed by atoms with E-state index in [9.17, 15) is 0 Å². The molecule has 0 saturated heterocycles. The SMILES string of the molecule is COC(OC)c1cc2ccccc2nc1OCc1ccccc1. The summed E-state index contributed by atoms with van der Waals surface area (Å²) in [7, 11) is 3.20. The van der Waals surface area contributed by atoms with E-state index in [2.05, 4.69) is 4.98 Å². The Morgan fingerprint density at radius 2 is 1.61 bits per heavy atom. The molecule has 0 aliphatic heterocycles. The molecule has 0 fully saturated rings. The molecular formula is C19H19NO3. The molecule has 23 heavy (non-hydrogen) atoms. The maximum atomic E-state index is 5.94.